The second-order valence-corrected chi connectivity index (χ2v) is 7.30. The molecule has 100 valence electrons. The molecule has 5 nitrogen and oxygen atoms in total. The fourth-order valence-corrected chi connectivity index (χ4v) is 4.78. The third-order valence-electron chi connectivity index (χ3n) is 4.00. The third-order valence-corrected chi connectivity index (χ3v) is 6.09. The van der Waals surface area contributed by atoms with Gasteiger partial charge in [-0.05, 0) is 32.1 Å². The molecule has 2 saturated heterocycles. The van der Waals surface area contributed by atoms with Crippen LogP contribution in [0.15, 0.2) is 0 Å². The van der Waals surface area contributed by atoms with Gasteiger partial charge in [0, 0.05) is 31.7 Å². The van der Waals surface area contributed by atoms with Crippen LogP contribution in [0.25, 0.3) is 0 Å². The van der Waals surface area contributed by atoms with Crippen LogP contribution in [0, 0.1) is 5.92 Å². The Bertz CT molecular complexity index is 371. The fourth-order valence-electron chi connectivity index (χ4n) is 2.76. The number of nitrogens with zero attached hydrogens (tertiary/aromatic N) is 2. The van der Waals surface area contributed by atoms with Gasteiger partial charge in [-0.25, -0.2) is 0 Å². The van der Waals surface area contributed by atoms with Gasteiger partial charge in [0.15, 0.2) is 0 Å². The topological polar surface area (TPSA) is 66.6 Å². The fraction of sp³-hybridized carbons (Fsp3) is 1.00. The van der Waals surface area contributed by atoms with E-state index in [9.17, 15) is 8.42 Å². The molecule has 2 rings (SSSR count). The van der Waals surface area contributed by atoms with E-state index >= 15 is 0 Å². The minimum absolute atomic E-state index is 0.0213. The summed E-state index contributed by atoms with van der Waals surface area (Å²) in [5, 5.41) is 0. The van der Waals surface area contributed by atoms with Gasteiger partial charge in [-0.1, -0.05) is 6.92 Å². The van der Waals surface area contributed by atoms with Crippen molar-refractivity contribution in [3.63, 3.8) is 0 Å². The molecular formula is C11H23N3O2S. The maximum atomic E-state index is 12.5. The molecular weight excluding hydrogens is 238 g/mol. The zero-order chi connectivity index (χ0) is 12.6. The summed E-state index contributed by atoms with van der Waals surface area (Å²) in [6, 6.07) is -0.0933. The Kier molecular flexibility index (Phi) is 3.77. The predicted molar refractivity (Wildman–Crippen MR) is 67.7 cm³/mol. The first-order chi connectivity index (χ1) is 7.93. The van der Waals surface area contributed by atoms with Gasteiger partial charge in [-0.2, -0.15) is 17.0 Å². The van der Waals surface area contributed by atoms with Gasteiger partial charge < -0.3 is 5.73 Å². The highest BCUT2D eigenvalue weighted by Crippen LogP contribution is 2.26. The second kappa shape index (κ2) is 4.84. The lowest BCUT2D eigenvalue weighted by atomic mass is 10.0. The Morgan fingerprint density at radius 3 is 2.41 bits per heavy atom. The molecule has 2 heterocycles. The summed E-state index contributed by atoms with van der Waals surface area (Å²) >= 11 is 0. The SMILES string of the molecule is CC1CCCN(S(=O)(=O)N2CCC(N)C2C)C1. The molecule has 0 radical (unpaired) electrons. The van der Waals surface area contributed by atoms with E-state index < -0.39 is 10.2 Å². The molecule has 2 aliphatic rings. The van der Waals surface area contributed by atoms with Crippen LogP contribution in [0.5, 0.6) is 0 Å². The summed E-state index contributed by atoms with van der Waals surface area (Å²) in [5.41, 5.74) is 5.90. The summed E-state index contributed by atoms with van der Waals surface area (Å²) in [7, 11) is -3.29. The van der Waals surface area contributed by atoms with E-state index in [1.807, 2.05) is 6.92 Å². The number of hydrogen-bond donors (Lipinski definition) is 1. The van der Waals surface area contributed by atoms with Crippen molar-refractivity contribution in [2.75, 3.05) is 19.6 Å². The highest BCUT2D eigenvalue weighted by molar-refractivity contribution is 7.86. The first-order valence-corrected chi connectivity index (χ1v) is 7.85. The van der Waals surface area contributed by atoms with Gasteiger partial charge in [0.1, 0.15) is 0 Å². The van der Waals surface area contributed by atoms with Crippen LogP contribution in [-0.2, 0) is 10.2 Å². The molecule has 2 N–H and O–H groups in total. The van der Waals surface area contributed by atoms with Crippen LogP contribution in [0.4, 0.5) is 0 Å². The predicted octanol–water partition coefficient (Wildman–Crippen LogP) is 0.385. The third kappa shape index (κ3) is 2.50. The summed E-state index contributed by atoms with van der Waals surface area (Å²) < 4.78 is 28.2. The highest BCUT2D eigenvalue weighted by Gasteiger charge is 2.40. The van der Waals surface area contributed by atoms with Crippen molar-refractivity contribution in [2.45, 2.75) is 45.2 Å². The first kappa shape index (κ1) is 13.3. The molecule has 0 spiro atoms. The Morgan fingerprint density at radius 2 is 1.88 bits per heavy atom. The molecule has 17 heavy (non-hydrogen) atoms. The van der Waals surface area contributed by atoms with Crippen molar-refractivity contribution in [2.24, 2.45) is 11.7 Å². The normalized spacial score (nSPS) is 37.5. The number of piperidine rings is 1. The lowest BCUT2D eigenvalue weighted by Crippen LogP contribution is -2.50. The lowest BCUT2D eigenvalue weighted by molar-refractivity contribution is 0.254. The molecule has 3 unspecified atom stereocenters. The Morgan fingerprint density at radius 1 is 1.18 bits per heavy atom. The average molecular weight is 261 g/mol. The maximum Gasteiger partial charge on any atom is 0.282 e. The molecule has 0 aliphatic carbocycles. The van der Waals surface area contributed by atoms with Gasteiger partial charge in [0.2, 0.25) is 0 Å². The van der Waals surface area contributed by atoms with E-state index in [4.69, 9.17) is 5.73 Å². The average Bonchev–Trinajstić information content (AvgIpc) is 2.60. The van der Waals surface area contributed by atoms with Gasteiger partial charge in [-0.3, -0.25) is 0 Å². The lowest BCUT2D eigenvalue weighted by Gasteiger charge is -2.34. The molecule has 0 aromatic heterocycles. The van der Waals surface area contributed by atoms with Crippen LogP contribution in [0.3, 0.4) is 0 Å². The van der Waals surface area contributed by atoms with Crippen molar-refractivity contribution in [3.05, 3.63) is 0 Å². The van der Waals surface area contributed by atoms with E-state index in [1.165, 1.54) is 0 Å². The van der Waals surface area contributed by atoms with E-state index in [0.29, 0.717) is 25.6 Å². The van der Waals surface area contributed by atoms with Gasteiger partial charge in [-0.15, -0.1) is 0 Å². The van der Waals surface area contributed by atoms with E-state index in [2.05, 4.69) is 6.92 Å². The second-order valence-electron chi connectivity index (χ2n) is 5.42. The van der Waals surface area contributed by atoms with E-state index in [0.717, 1.165) is 19.3 Å². The summed E-state index contributed by atoms with van der Waals surface area (Å²) in [5.74, 6) is 0.463. The smallest absolute Gasteiger partial charge is 0.282 e. The standard InChI is InChI=1S/C11H23N3O2S/c1-9-4-3-6-13(8-9)17(15,16)14-7-5-11(12)10(14)2/h9-11H,3-8,12H2,1-2H3. The molecule has 0 aromatic carbocycles. The number of hydrogen-bond acceptors (Lipinski definition) is 3. The van der Waals surface area contributed by atoms with E-state index in [1.54, 1.807) is 8.61 Å². The minimum Gasteiger partial charge on any atom is -0.326 e. The zero-order valence-corrected chi connectivity index (χ0v) is 11.5. The van der Waals surface area contributed by atoms with Crippen LogP contribution in [0.2, 0.25) is 0 Å². The van der Waals surface area contributed by atoms with E-state index in [-0.39, 0.29) is 12.1 Å². The summed E-state index contributed by atoms with van der Waals surface area (Å²) in [6.45, 7) is 5.89. The van der Waals surface area contributed by atoms with Crippen LogP contribution >= 0.6 is 0 Å². The molecule has 2 fully saturated rings. The molecule has 0 aromatic rings. The van der Waals surface area contributed by atoms with Gasteiger partial charge in [0.05, 0.1) is 0 Å². The van der Waals surface area contributed by atoms with Crippen molar-refractivity contribution in [3.8, 4) is 0 Å². The number of rotatable bonds is 2. The summed E-state index contributed by atoms with van der Waals surface area (Å²) in [4.78, 5) is 0. The first-order valence-electron chi connectivity index (χ1n) is 6.45. The zero-order valence-electron chi connectivity index (χ0n) is 10.7. The van der Waals surface area contributed by atoms with Crippen molar-refractivity contribution < 1.29 is 8.42 Å². The Balaban J connectivity index is 2.13. The van der Waals surface area contributed by atoms with Gasteiger partial charge in [0.25, 0.3) is 10.2 Å². The van der Waals surface area contributed by atoms with Crippen LogP contribution in [-0.4, -0.2) is 48.7 Å². The molecule has 3 atom stereocenters. The van der Waals surface area contributed by atoms with Gasteiger partial charge >= 0.3 is 0 Å². The monoisotopic (exact) mass is 261 g/mol. The minimum atomic E-state index is -3.29. The summed E-state index contributed by atoms with van der Waals surface area (Å²) in [6.07, 6.45) is 2.86. The molecule has 0 bridgehead atoms. The Labute approximate surface area is 104 Å². The molecule has 0 saturated carbocycles. The van der Waals surface area contributed by atoms with Crippen molar-refractivity contribution in [1.29, 1.82) is 0 Å². The maximum absolute atomic E-state index is 12.5. The van der Waals surface area contributed by atoms with Crippen molar-refractivity contribution in [1.82, 2.24) is 8.61 Å². The van der Waals surface area contributed by atoms with Crippen molar-refractivity contribution >= 4 is 10.2 Å². The quantitative estimate of drug-likeness (QED) is 0.781. The molecule has 2 aliphatic heterocycles. The largest absolute Gasteiger partial charge is 0.326 e. The number of nitrogens with two attached hydrogens (primary N) is 1. The van der Waals surface area contributed by atoms with Crippen LogP contribution in [0.1, 0.15) is 33.1 Å². The molecule has 6 heteroatoms. The van der Waals surface area contributed by atoms with Crippen LogP contribution < -0.4 is 5.73 Å². The highest BCUT2D eigenvalue weighted by atomic mass is 32.2. The Hall–Kier alpha value is -0.170. The molecule has 0 amide bonds.